The SMILES string of the molecule is ClC1=CC(c2c[nH]c3ncccc23)=CCN1C1CCCC(N2CCCC2)C1. The molecule has 1 saturated carbocycles. The summed E-state index contributed by atoms with van der Waals surface area (Å²) in [4.78, 5) is 12.8. The standard InChI is InChI=1S/C22H27ClN4/c23-21-13-16(20-15-25-22-19(20)7-4-9-24-22)8-12-27(21)18-6-3-5-17(14-18)26-10-1-2-11-26/h4,7-9,13,15,17-18H,1-3,5-6,10-12,14H2,(H,24,25). The van der Waals surface area contributed by atoms with E-state index in [4.69, 9.17) is 11.6 Å². The molecule has 2 aliphatic heterocycles. The summed E-state index contributed by atoms with van der Waals surface area (Å²) in [6.07, 6.45) is 16.3. The van der Waals surface area contributed by atoms with Gasteiger partial charge in [0.15, 0.2) is 0 Å². The number of nitrogens with one attached hydrogen (secondary N) is 1. The predicted molar refractivity (Wildman–Crippen MR) is 112 cm³/mol. The Morgan fingerprint density at radius 3 is 2.81 bits per heavy atom. The summed E-state index contributed by atoms with van der Waals surface area (Å²) >= 11 is 6.79. The van der Waals surface area contributed by atoms with Crippen LogP contribution in [0.15, 0.2) is 41.8 Å². The third-order valence-corrected chi connectivity index (χ3v) is 6.86. The molecule has 1 saturated heterocycles. The minimum atomic E-state index is 0.565. The first-order valence-corrected chi connectivity index (χ1v) is 10.7. The Hall–Kier alpha value is -1.78. The van der Waals surface area contributed by atoms with Crippen LogP contribution in [0.4, 0.5) is 0 Å². The van der Waals surface area contributed by atoms with Crippen molar-refractivity contribution in [2.24, 2.45) is 0 Å². The maximum absolute atomic E-state index is 6.79. The summed E-state index contributed by atoms with van der Waals surface area (Å²) < 4.78 is 0. The number of aromatic amines is 1. The van der Waals surface area contributed by atoms with Crippen LogP contribution in [0.5, 0.6) is 0 Å². The van der Waals surface area contributed by atoms with Crippen molar-refractivity contribution in [3.05, 3.63) is 47.4 Å². The third-order valence-electron chi connectivity index (χ3n) is 6.54. The molecule has 3 aliphatic rings. The van der Waals surface area contributed by atoms with Crippen molar-refractivity contribution in [3.8, 4) is 0 Å². The zero-order chi connectivity index (χ0) is 18.2. The van der Waals surface area contributed by atoms with E-state index in [2.05, 4.69) is 38.0 Å². The van der Waals surface area contributed by atoms with Gasteiger partial charge >= 0.3 is 0 Å². The normalized spacial score (nSPS) is 27.1. The first-order chi connectivity index (χ1) is 13.3. The molecular formula is C22H27ClN4. The van der Waals surface area contributed by atoms with Gasteiger partial charge in [-0.05, 0) is 75.4 Å². The van der Waals surface area contributed by atoms with E-state index >= 15 is 0 Å². The fourth-order valence-electron chi connectivity index (χ4n) is 5.12. The molecular weight excluding hydrogens is 356 g/mol. The summed E-state index contributed by atoms with van der Waals surface area (Å²) in [6, 6.07) is 5.42. The Kier molecular flexibility index (Phi) is 4.70. The maximum Gasteiger partial charge on any atom is 0.137 e. The van der Waals surface area contributed by atoms with E-state index in [1.54, 1.807) is 0 Å². The van der Waals surface area contributed by atoms with Crippen LogP contribution < -0.4 is 0 Å². The average molecular weight is 383 g/mol. The number of nitrogens with zero attached hydrogens (tertiary/aromatic N) is 3. The van der Waals surface area contributed by atoms with E-state index < -0.39 is 0 Å². The van der Waals surface area contributed by atoms with Gasteiger partial charge in [-0.1, -0.05) is 17.7 Å². The summed E-state index contributed by atoms with van der Waals surface area (Å²) in [7, 11) is 0. The zero-order valence-electron chi connectivity index (χ0n) is 15.7. The molecule has 1 N–H and O–H groups in total. The van der Waals surface area contributed by atoms with Gasteiger partial charge in [0.05, 0.1) is 0 Å². The topological polar surface area (TPSA) is 35.2 Å². The second-order valence-corrected chi connectivity index (χ2v) is 8.49. The number of fused-ring (bicyclic) bond motifs is 1. The van der Waals surface area contributed by atoms with Gasteiger partial charge in [0, 0.05) is 42.0 Å². The number of likely N-dealkylation sites (tertiary alicyclic amines) is 1. The van der Waals surface area contributed by atoms with Crippen LogP contribution in [0.25, 0.3) is 16.6 Å². The van der Waals surface area contributed by atoms with Crippen LogP contribution >= 0.6 is 11.6 Å². The quantitative estimate of drug-likeness (QED) is 0.778. The number of hydrogen-bond acceptors (Lipinski definition) is 3. The van der Waals surface area contributed by atoms with E-state index in [9.17, 15) is 0 Å². The Morgan fingerprint density at radius 1 is 1.11 bits per heavy atom. The molecule has 2 aromatic heterocycles. The highest BCUT2D eigenvalue weighted by Crippen LogP contribution is 2.35. The number of aromatic nitrogens is 2. The fourth-order valence-corrected chi connectivity index (χ4v) is 5.44. The first-order valence-electron chi connectivity index (χ1n) is 10.3. The van der Waals surface area contributed by atoms with Crippen LogP contribution in [0.2, 0.25) is 0 Å². The molecule has 5 rings (SSSR count). The lowest BCUT2D eigenvalue weighted by atomic mass is 9.88. The van der Waals surface area contributed by atoms with Crippen molar-refractivity contribution in [2.45, 2.75) is 50.6 Å². The number of hydrogen-bond donors (Lipinski definition) is 1. The smallest absolute Gasteiger partial charge is 0.137 e. The highest BCUT2D eigenvalue weighted by molar-refractivity contribution is 6.30. The molecule has 0 spiro atoms. The summed E-state index contributed by atoms with van der Waals surface area (Å²) in [5.41, 5.74) is 3.32. The molecule has 1 aliphatic carbocycles. The van der Waals surface area contributed by atoms with Crippen LogP contribution in [0.1, 0.15) is 44.1 Å². The fraction of sp³-hybridized carbons (Fsp3) is 0.500. The monoisotopic (exact) mass is 382 g/mol. The second kappa shape index (κ2) is 7.33. The Bertz CT molecular complexity index is 877. The molecule has 0 radical (unpaired) electrons. The van der Waals surface area contributed by atoms with E-state index in [1.807, 2.05) is 18.5 Å². The summed E-state index contributed by atoms with van der Waals surface area (Å²) in [5, 5.41) is 2.04. The number of halogens is 1. The Labute approximate surface area is 165 Å². The molecule has 27 heavy (non-hydrogen) atoms. The van der Waals surface area contributed by atoms with Gasteiger partial charge in [-0.2, -0.15) is 0 Å². The number of allylic oxidation sites excluding steroid dienone is 2. The third kappa shape index (κ3) is 3.30. The molecule has 2 atom stereocenters. The second-order valence-electron chi connectivity index (χ2n) is 8.10. The minimum Gasteiger partial charge on any atom is -0.356 e. The van der Waals surface area contributed by atoms with Gasteiger partial charge in [-0.25, -0.2) is 4.98 Å². The molecule has 5 heteroatoms. The number of rotatable bonds is 3. The lowest BCUT2D eigenvalue weighted by Gasteiger charge is -2.42. The molecule has 4 nitrogen and oxygen atoms in total. The molecule has 142 valence electrons. The van der Waals surface area contributed by atoms with Crippen LogP contribution in [-0.2, 0) is 0 Å². The van der Waals surface area contributed by atoms with Crippen molar-refractivity contribution < 1.29 is 0 Å². The van der Waals surface area contributed by atoms with Crippen LogP contribution in [-0.4, -0.2) is 51.5 Å². The number of pyridine rings is 1. The van der Waals surface area contributed by atoms with E-state index in [0.29, 0.717) is 6.04 Å². The zero-order valence-corrected chi connectivity index (χ0v) is 16.5. The van der Waals surface area contributed by atoms with Crippen molar-refractivity contribution >= 4 is 28.2 Å². The van der Waals surface area contributed by atoms with E-state index in [1.165, 1.54) is 62.8 Å². The predicted octanol–water partition coefficient (Wildman–Crippen LogP) is 4.75. The van der Waals surface area contributed by atoms with Gasteiger partial charge in [0.2, 0.25) is 0 Å². The van der Waals surface area contributed by atoms with Crippen molar-refractivity contribution in [3.63, 3.8) is 0 Å². The van der Waals surface area contributed by atoms with Crippen LogP contribution in [0, 0.1) is 0 Å². The molecule has 2 unspecified atom stereocenters. The van der Waals surface area contributed by atoms with Crippen molar-refractivity contribution in [1.29, 1.82) is 0 Å². The lowest BCUT2D eigenvalue weighted by Crippen LogP contribution is -2.45. The molecule has 0 bridgehead atoms. The molecule has 4 heterocycles. The van der Waals surface area contributed by atoms with E-state index in [0.717, 1.165) is 28.8 Å². The van der Waals surface area contributed by atoms with Gasteiger partial charge in [0.1, 0.15) is 10.8 Å². The van der Waals surface area contributed by atoms with Crippen molar-refractivity contribution in [1.82, 2.24) is 19.8 Å². The molecule has 0 aromatic carbocycles. The Morgan fingerprint density at radius 2 is 1.96 bits per heavy atom. The van der Waals surface area contributed by atoms with Gasteiger partial charge in [-0.15, -0.1) is 0 Å². The summed E-state index contributed by atoms with van der Waals surface area (Å²) in [5.74, 6) is 0. The maximum atomic E-state index is 6.79. The van der Waals surface area contributed by atoms with Gasteiger partial charge in [-0.3, -0.25) is 0 Å². The van der Waals surface area contributed by atoms with Crippen LogP contribution in [0.3, 0.4) is 0 Å². The highest BCUT2D eigenvalue weighted by Gasteiger charge is 2.32. The van der Waals surface area contributed by atoms with E-state index in [-0.39, 0.29) is 0 Å². The van der Waals surface area contributed by atoms with Gasteiger partial charge in [0.25, 0.3) is 0 Å². The average Bonchev–Trinajstić information content (AvgIpc) is 3.38. The summed E-state index contributed by atoms with van der Waals surface area (Å²) in [6.45, 7) is 3.48. The van der Waals surface area contributed by atoms with Crippen molar-refractivity contribution in [2.75, 3.05) is 19.6 Å². The molecule has 2 fully saturated rings. The van der Waals surface area contributed by atoms with Gasteiger partial charge < -0.3 is 14.8 Å². The minimum absolute atomic E-state index is 0.565. The largest absolute Gasteiger partial charge is 0.356 e. The first kappa shape index (κ1) is 17.3. The molecule has 2 aromatic rings. The highest BCUT2D eigenvalue weighted by atomic mass is 35.5. The molecule has 0 amide bonds. The lowest BCUT2D eigenvalue weighted by molar-refractivity contribution is 0.127. The number of H-pyrrole nitrogens is 1. The Balaban J connectivity index is 1.33.